The number of hydrogen-bond acceptors (Lipinski definition) is 4. The van der Waals surface area contributed by atoms with E-state index in [0.717, 1.165) is 0 Å². The first-order chi connectivity index (χ1) is 8.44. The Morgan fingerprint density at radius 3 is 2.44 bits per heavy atom. The average Bonchev–Trinajstić information content (AvgIpc) is 2.37. The normalized spacial score (nSPS) is 13.1. The molecule has 0 fully saturated rings. The maximum atomic E-state index is 12.2. The summed E-state index contributed by atoms with van der Waals surface area (Å²) in [6.07, 6.45) is 0.714. The molecule has 0 saturated heterocycles. The highest BCUT2D eigenvalue weighted by molar-refractivity contribution is 7.89. The number of hydrogen-bond donors (Lipinski definition) is 1. The lowest BCUT2D eigenvalue weighted by atomic mass is 10.3. The molecular weight excluding hydrogens is 254 g/mol. The molecule has 0 amide bonds. The molecule has 0 aromatic heterocycles. The zero-order valence-corrected chi connectivity index (χ0v) is 11.9. The Labute approximate surface area is 108 Å². The van der Waals surface area contributed by atoms with E-state index in [4.69, 9.17) is 9.47 Å². The van der Waals surface area contributed by atoms with Crippen molar-refractivity contribution in [3.63, 3.8) is 0 Å². The Hall–Kier alpha value is -1.27. The molecular formula is C12H19NO4S. The number of methoxy groups -OCH3 is 2. The first-order valence-corrected chi connectivity index (χ1v) is 7.17. The van der Waals surface area contributed by atoms with Gasteiger partial charge in [-0.3, -0.25) is 0 Å². The summed E-state index contributed by atoms with van der Waals surface area (Å²) in [6.45, 7) is 3.72. The Bertz CT molecular complexity index is 499. The van der Waals surface area contributed by atoms with E-state index in [9.17, 15) is 8.42 Å². The third-order valence-electron chi connectivity index (χ3n) is 2.63. The smallest absolute Gasteiger partial charge is 0.244 e. The van der Waals surface area contributed by atoms with Gasteiger partial charge in [0.2, 0.25) is 10.0 Å². The number of benzene rings is 1. The van der Waals surface area contributed by atoms with E-state index >= 15 is 0 Å². The topological polar surface area (TPSA) is 64.6 Å². The molecule has 0 unspecified atom stereocenters. The Morgan fingerprint density at radius 2 is 1.94 bits per heavy atom. The summed E-state index contributed by atoms with van der Waals surface area (Å²) in [5, 5.41) is 0. The summed E-state index contributed by atoms with van der Waals surface area (Å²) in [6, 6.07) is 4.54. The SMILES string of the molecule is CC[C@H](C)NS(=O)(=O)c1cc(OC)ccc1OC. The number of sulfonamides is 1. The standard InChI is InChI=1S/C12H19NO4S/c1-5-9(2)13-18(14,15)12-8-10(16-3)6-7-11(12)17-4/h6-9,13H,5H2,1-4H3/t9-/m0/s1. The summed E-state index contributed by atoms with van der Waals surface area (Å²) in [5.41, 5.74) is 0. The van der Waals surface area contributed by atoms with Crippen molar-refractivity contribution in [3.05, 3.63) is 18.2 Å². The van der Waals surface area contributed by atoms with Crippen molar-refractivity contribution < 1.29 is 17.9 Å². The van der Waals surface area contributed by atoms with Crippen molar-refractivity contribution in [1.82, 2.24) is 4.72 Å². The molecule has 6 heteroatoms. The summed E-state index contributed by atoms with van der Waals surface area (Å²) in [4.78, 5) is 0.0876. The molecule has 1 N–H and O–H groups in total. The molecule has 0 heterocycles. The van der Waals surface area contributed by atoms with Gasteiger partial charge in [0.1, 0.15) is 16.4 Å². The molecule has 5 nitrogen and oxygen atoms in total. The zero-order chi connectivity index (χ0) is 13.8. The second-order valence-electron chi connectivity index (χ2n) is 3.95. The second kappa shape index (κ2) is 6.06. The van der Waals surface area contributed by atoms with Crippen LogP contribution < -0.4 is 14.2 Å². The molecule has 0 saturated carbocycles. The molecule has 1 rings (SSSR count). The van der Waals surface area contributed by atoms with Gasteiger partial charge in [-0.1, -0.05) is 6.92 Å². The average molecular weight is 273 g/mol. The zero-order valence-electron chi connectivity index (χ0n) is 11.1. The van der Waals surface area contributed by atoms with Crippen molar-refractivity contribution >= 4 is 10.0 Å². The maximum Gasteiger partial charge on any atom is 0.244 e. The molecule has 0 spiro atoms. The minimum atomic E-state index is -3.60. The van der Waals surface area contributed by atoms with Gasteiger partial charge < -0.3 is 9.47 Å². The molecule has 18 heavy (non-hydrogen) atoms. The van der Waals surface area contributed by atoms with Gasteiger partial charge >= 0.3 is 0 Å². The van der Waals surface area contributed by atoms with Crippen LogP contribution in [-0.4, -0.2) is 28.7 Å². The van der Waals surface area contributed by atoms with Gasteiger partial charge in [-0.15, -0.1) is 0 Å². The van der Waals surface area contributed by atoms with Crippen LogP contribution in [0.4, 0.5) is 0 Å². The van der Waals surface area contributed by atoms with Crippen molar-refractivity contribution in [2.75, 3.05) is 14.2 Å². The molecule has 102 valence electrons. The van der Waals surface area contributed by atoms with Crippen LogP contribution in [0.5, 0.6) is 11.5 Å². The highest BCUT2D eigenvalue weighted by atomic mass is 32.2. The van der Waals surface area contributed by atoms with Crippen LogP contribution in [0.3, 0.4) is 0 Å². The second-order valence-corrected chi connectivity index (χ2v) is 5.63. The third kappa shape index (κ3) is 3.36. The largest absolute Gasteiger partial charge is 0.497 e. The first kappa shape index (κ1) is 14.8. The van der Waals surface area contributed by atoms with E-state index in [2.05, 4.69) is 4.72 Å². The minimum Gasteiger partial charge on any atom is -0.497 e. The lowest BCUT2D eigenvalue weighted by molar-refractivity contribution is 0.391. The van der Waals surface area contributed by atoms with Crippen molar-refractivity contribution in [2.45, 2.75) is 31.2 Å². The van der Waals surface area contributed by atoms with Gasteiger partial charge in [0.15, 0.2) is 0 Å². The predicted molar refractivity (Wildman–Crippen MR) is 69.6 cm³/mol. The third-order valence-corrected chi connectivity index (χ3v) is 4.24. The quantitative estimate of drug-likeness (QED) is 0.858. The van der Waals surface area contributed by atoms with Crippen LogP contribution in [0, 0.1) is 0 Å². The summed E-state index contributed by atoms with van der Waals surface area (Å²) in [5.74, 6) is 0.770. The molecule has 0 radical (unpaired) electrons. The van der Waals surface area contributed by atoms with Gasteiger partial charge in [0.05, 0.1) is 14.2 Å². The van der Waals surface area contributed by atoms with E-state index in [1.165, 1.54) is 20.3 Å². The van der Waals surface area contributed by atoms with Crippen LogP contribution >= 0.6 is 0 Å². The summed E-state index contributed by atoms with van der Waals surface area (Å²) >= 11 is 0. The highest BCUT2D eigenvalue weighted by Crippen LogP contribution is 2.28. The molecule has 0 bridgehead atoms. The fourth-order valence-corrected chi connectivity index (χ4v) is 2.92. The predicted octanol–water partition coefficient (Wildman–Crippen LogP) is 1.78. The lowest BCUT2D eigenvalue weighted by Gasteiger charge is -2.15. The van der Waals surface area contributed by atoms with Gasteiger partial charge in [0, 0.05) is 12.1 Å². The van der Waals surface area contributed by atoms with Crippen LogP contribution in [0.2, 0.25) is 0 Å². The summed E-state index contributed by atoms with van der Waals surface area (Å²) in [7, 11) is -0.681. The van der Waals surface area contributed by atoms with Crippen molar-refractivity contribution in [2.24, 2.45) is 0 Å². The van der Waals surface area contributed by atoms with Gasteiger partial charge in [-0.2, -0.15) is 0 Å². The van der Waals surface area contributed by atoms with Crippen LogP contribution in [-0.2, 0) is 10.0 Å². The Kier molecular flexibility index (Phi) is 4.98. The van der Waals surface area contributed by atoms with Gasteiger partial charge in [-0.25, -0.2) is 13.1 Å². The van der Waals surface area contributed by atoms with E-state index in [1.54, 1.807) is 12.1 Å². The van der Waals surface area contributed by atoms with Gasteiger partial charge in [-0.05, 0) is 25.5 Å². The monoisotopic (exact) mass is 273 g/mol. The summed E-state index contributed by atoms with van der Waals surface area (Å²) < 4.78 is 37.1. The fraction of sp³-hybridized carbons (Fsp3) is 0.500. The molecule has 1 aromatic rings. The number of rotatable bonds is 6. The maximum absolute atomic E-state index is 12.2. The fourth-order valence-electron chi connectivity index (χ4n) is 1.41. The number of ether oxygens (including phenoxy) is 2. The van der Waals surface area contributed by atoms with Crippen LogP contribution in [0.15, 0.2) is 23.1 Å². The van der Waals surface area contributed by atoms with E-state index in [-0.39, 0.29) is 10.9 Å². The van der Waals surface area contributed by atoms with E-state index in [1.807, 2.05) is 13.8 Å². The number of nitrogens with one attached hydrogen (secondary N) is 1. The van der Waals surface area contributed by atoms with Crippen LogP contribution in [0.25, 0.3) is 0 Å². The lowest BCUT2D eigenvalue weighted by Crippen LogP contribution is -2.32. The minimum absolute atomic E-state index is 0.0876. The van der Waals surface area contributed by atoms with E-state index < -0.39 is 10.0 Å². The van der Waals surface area contributed by atoms with Crippen LogP contribution in [0.1, 0.15) is 20.3 Å². The highest BCUT2D eigenvalue weighted by Gasteiger charge is 2.21. The molecule has 0 aliphatic rings. The molecule has 1 atom stereocenters. The first-order valence-electron chi connectivity index (χ1n) is 5.69. The molecule has 1 aromatic carbocycles. The van der Waals surface area contributed by atoms with E-state index in [0.29, 0.717) is 17.9 Å². The molecule has 0 aliphatic heterocycles. The van der Waals surface area contributed by atoms with Gasteiger partial charge in [0.25, 0.3) is 0 Å². The van der Waals surface area contributed by atoms with Crippen molar-refractivity contribution in [1.29, 1.82) is 0 Å². The Balaban J connectivity index is 3.20. The Morgan fingerprint density at radius 1 is 1.28 bits per heavy atom. The van der Waals surface area contributed by atoms with Crippen molar-refractivity contribution in [3.8, 4) is 11.5 Å². The molecule has 0 aliphatic carbocycles.